The Hall–Kier alpha value is -1.58. The average Bonchev–Trinajstić information content (AvgIpc) is 2.91. The van der Waals surface area contributed by atoms with Crippen LogP contribution in [-0.4, -0.2) is 15.7 Å². The molecule has 1 N–H and O–H groups in total. The number of carbonyl (C=O) groups excluding carboxylic acids is 1. The predicted molar refractivity (Wildman–Crippen MR) is 67.6 cm³/mol. The van der Waals surface area contributed by atoms with Gasteiger partial charge in [-0.1, -0.05) is 19.1 Å². The van der Waals surface area contributed by atoms with Gasteiger partial charge in [-0.2, -0.15) is 5.10 Å². The summed E-state index contributed by atoms with van der Waals surface area (Å²) in [4.78, 5) is 11.8. The summed E-state index contributed by atoms with van der Waals surface area (Å²) in [5.41, 5.74) is 0.797. The Morgan fingerprint density at radius 3 is 3.24 bits per heavy atom. The molecule has 1 aliphatic carbocycles. The Kier molecular flexibility index (Phi) is 3.96. The Labute approximate surface area is 102 Å². The summed E-state index contributed by atoms with van der Waals surface area (Å²) in [6, 6.07) is 0. The molecule has 0 bridgehead atoms. The number of hydrogen-bond donors (Lipinski definition) is 1. The van der Waals surface area contributed by atoms with Crippen LogP contribution >= 0.6 is 0 Å². The van der Waals surface area contributed by atoms with Crippen molar-refractivity contribution >= 4 is 11.6 Å². The van der Waals surface area contributed by atoms with Gasteiger partial charge >= 0.3 is 0 Å². The van der Waals surface area contributed by atoms with Crippen LogP contribution in [0.3, 0.4) is 0 Å². The monoisotopic (exact) mass is 233 g/mol. The van der Waals surface area contributed by atoms with E-state index in [1.165, 1.54) is 0 Å². The van der Waals surface area contributed by atoms with Gasteiger partial charge in [0.2, 0.25) is 5.91 Å². The molecule has 0 aliphatic heterocycles. The number of aryl methyl sites for hydroxylation is 1. The Balaban J connectivity index is 1.82. The molecule has 17 heavy (non-hydrogen) atoms. The third-order valence-electron chi connectivity index (χ3n) is 2.93. The van der Waals surface area contributed by atoms with E-state index in [4.69, 9.17) is 0 Å². The third-order valence-corrected chi connectivity index (χ3v) is 2.93. The summed E-state index contributed by atoms with van der Waals surface area (Å²) in [6.07, 6.45) is 11.7. The first kappa shape index (κ1) is 11.9. The highest BCUT2D eigenvalue weighted by atomic mass is 16.1. The zero-order valence-corrected chi connectivity index (χ0v) is 10.2. The molecule has 1 aromatic heterocycles. The largest absolute Gasteiger partial charge is 0.323 e. The Morgan fingerprint density at radius 2 is 2.53 bits per heavy atom. The maximum atomic E-state index is 11.8. The fraction of sp³-hybridized carbons (Fsp3) is 0.538. The van der Waals surface area contributed by atoms with Gasteiger partial charge in [-0.3, -0.25) is 9.48 Å². The molecule has 1 aliphatic rings. The third kappa shape index (κ3) is 3.44. The van der Waals surface area contributed by atoms with Crippen molar-refractivity contribution in [2.45, 2.75) is 39.2 Å². The zero-order valence-electron chi connectivity index (χ0n) is 10.2. The van der Waals surface area contributed by atoms with E-state index in [9.17, 15) is 4.79 Å². The van der Waals surface area contributed by atoms with E-state index in [1.54, 1.807) is 6.20 Å². The minimum Gasteiger partial charge on any atom is -0.323 e. The number of allylic oxidation sites excluding steroid dienone is 2. The van der Waals surface area contributed by atoms with E-state index in [2.05, 4.69) is 29.5 Å². The van der Waals surface area contributed by atoms with Gasteiger partial charge in [-0.05, 0) is 25.2 Å². The van der Waals surface area contributed by atoms with Crippen molar-refractivity contribution < 1.29 is 4.79 Å². The van der Waals surface area contributed by atoms with Crippen molar-refractivity contribution in [3.8, 4) is 0 Å². The maximum absolute atomic E-state index is 11.8. The molecule has 0 aromatic carbocycles. The van der Waals surface area contributed by atoms with E-state index in [1.807, 2.05) is 10.9 Å². The number of hydrogen-bond acceptors (Lipinski definition) is 2. The normalized spacial score (nSPS) is 18.5. The van der Waals surface area contributed by atoms with E-state index in [0.29, 0.717) is 12.3 Å². The Morgan fingerprint density at radius 1 is 1.65 bits per heavy atom. The highest BCUT2D eigenvalue weighted by Crippen LogP contribution is 2.20. The first-order chi connectivity index (χ1) is 8.28. The number of anilines is 1. The number of aromatic nitrogens is 2. The van der Waals surface area contributed by atoms with Crippen molar-refractivity contribution in [1.82, 2.24) is 9.78 Å². The molecule has 1 aromatic rings. The molecule has 0 radical (unpaired) electrons. The van der Waals surface area contributed by atoms with Gasteiger partial charge in [0, 0.05) is 19.2 Å². The summed E-state index contributed by atoms with van der Waals surface area (Å²) >= 11 is 0. The number of carbonyl (C=O) groups is 1. The minimum absolute atomic E-state index is 0.0811. The van der Waals surface area contributed by atoms with Gasteiger partial charge in [-0.25, -0.2) is 0 Å². The van der Waals surface area contributed by atoms with E-state index in [-0.39, 0.29) is 5.91 Å². The molecule has 4 nitrogen and oxygen atoms in total. The van der Waals surface area contributed by atoms with E-state index >= 15 is 0 Å². The van der Waals surface area contributed by atoms with Crippen LogP contribution in [0.15, 0.2) is 24.5 Å². The molecule has 1 heterocycles. The highest BCUT2D eigenvalue weighted by Gasteiger charge is 2.14. The van der Waals surface area contributed by atoms with Gasteiger partial charge in [-0.15, -0.1) is 0 Å². The van der Waals surface area contributed by atoms with Gasteiger partial charge in [0.25, 0.3) is 0 Å². The van der Waals surface area contributed by atoms with Crippen LogP contribution in [0.4, 0.5) is 5.69 Å². The molecule has 1 unspecified atom stereocenters. The fourth-order valence-corrected chi connectivity index (χ4v) is 2.09. The molecule has 2 rings (SSSR count). The van der Waals surface area contributed by atoms with Gasteiger partial charge in [0.1, 0.15) is 0 Å². The van der Waals surface area contributed by atoms with Crippen LogP contribution in [-0.2, 0) is 11.3 Å². The van der Waals surface area contributed by atoms with Crippen LogP contribution in [0, 0.1) is 5.92 Å². The second-order valence-corrected chi connectivity index (χ2v) is 4.51. The van der Waals surface area contributed by atoms with Gasteiger partial charge < -0.3 is 5.32 Å². The first-order valence-corrected chi connectivity index (χ1v) is 6.27. The first-order valence-electron chi connectivity index (χ1n) is 6.27. The fourth-order valence-electron chi connectivity index (χ4n) is 2.09. The minimum atomic E-state index is 0.0811. The maximum Gasteiger partial charge on any atom is 0.225 e. The Bertz CT molecular complexity index is 409. The van der Waals surface area contributed by atoms with Crippen LogP contribution in [0.1, 0.15) is 32.6 Å². The van der Waals surface area contributed by atoms with Crippen LogP contribution in [0.2, 0.25) is 0 Å². The summed E-state index contributed by atoms with van der Waals surface area (Å²) in [5.74, 6) is 0.498. The summed E-state index contributed by atoms with van der Waals surface area (Å²) in [7, 11) is 0. The van der Waals surface area contributed by atoms with Gasteiger partial charge in [0.15, 0.2) is 0 Å². The zero-order chi connectivity index (χ0) is 12.1. The standard InChI is InChI=1S/C13H19N3O/c1-2-7-16-10-12(9-14-16)15-13(17)8-11-5-3-4-6-11/h3,5,9-11H,2,4,6-8H2,1H3,(H,15,17). The quantitative estimate of drug-likeness (QED) is 0.794. The second kappa shape index (κ2) is 5.66. The molecule has 0 spiro atoms. The van der Waals surface area contributed by atoms with Crippen molar-refractivity contribution in [3.05, 3.63) is 24.5 Å². The van der Waals surface area contributed by atoms with Crippen LogP contribution < -0.4 is 5.32 Å². The molecule has 0 fully saturated rings. The van der Waals surface area contributed by atoms with Crippen molar-refractivity contribution in [2.75, 3.05) is 5.32 Å². The van der Waals surface area contributed by atoms with E-state index < -0.39 is 0 Å². The van der Waals surface area contributed by atoms with Gasteiger partial charge in [0.05, 0.1) is 11.9 Å². The molecule has 4 heteroatoms. The lowest BCUT2D eigenvalue weighted by Crippen LogP contribution is -2.14. The lowest BCUT2D eigenvalue weighted by atomic mass is 10.1. The summed E-state index contributed by atoms with van der Waals surface area (Å²) in [6.45, 7) is 2.99. The molecule has 92 valence electrons. The lowest BCUT2D eigenvalue weighted by Gasteiger charge is -2.06. The predicted octanol–water partition coefficient (Wildman–Crippen LogP) is 2.59. The highest BCUT2D eigenvalue weighted by molar-refractivity contribution is 5.90. The number of nitrogens with zero attached hydrogens (tertiary/aromatic N) is 2. The van der Waals surface area contributed by atoms with Crippen molar-refractivity contribution in [3.63, 3.8) is 0 Å². The molecular formula is C13H19N3O. The van der Waals surface area contributed by atoms with Crippen molar-refractivity contribution in [1.29, 1.82) is 0 Å². The summed E-state index contributed by atoms with van der Waals surface area (Å²) < 4.78 is 1.85. The van der Waals surface area contributed by atoms with Crippen LogP contribution in [0.5, 0.6) is 0 Å². The molecule has 0 saturated carbocycles. The smallest absolute Gasteiger partial charge is 0.225 e. The molecule has 1 atom stereocenters. The number of nitrogens with one attached hydrogen (secondary N) is 1. The lowest BCUT2D eigenvalue weighted by molar-refractivity contribution is -0.116. The van der Waals surface area contributed by atoms with Crippen molar-refractivity contribution in [2.24, 2.45) is 5.92 Å². The van der Waals surface area contributed by atoms with Crippen LogP contribution in [0.25, 0.3) is 0 Å². The molecule has 0 saturated heterocycles. The summed E-state index contributed by atoms with van der Waals surface area (Å²) in [5, 5.41) is 7.07. The molecule has 1 amide bonds. The average molecular weight is 233 g/mol. The number of amides is 1. The topological polar surface area (TPSA) is 46.9 Å². The number of rotatable bonds is 5. The molecular weight excluding hydrogens is 214 g/mol. The second-order valence-electron chi connectivity index (χ2n) is 4.51. The van der Waals surface area contributed by atoms with E-state index in [0.717, 1.165) is 31.5 Å². The SMILES string of the molecule is CCCn1cc(NC(=O)CC2C=CCC2)cn1.